The molecule has 4 aliphatic rings. The topological polar surface area (TPSA) is 97.2 Å². The summed E-state index contributed by atoms with van der Waals surface area (Å²) in [4.78, 5) is 24.6. The van der Waals surface area contributed by atoms with Crippen LogP contribution in [-0.2, 0) is 45.3 Å². The minimum atomic E-state index is -0.367. The standard InChI is InChI=1S/C36H37FN4O6/c1-43-36(42)23-4-6-31-32(13-23)41(15-28-9-11-46-28)33(38-31)16-40-10-8-29-26(14-40)18-44-17-25-5-7-34(39-35(25)29)47-21-24-3-2-22(12-30(24)37)27-19-45-20-27/h2-7,12-13,27-28H,8-11,14-21H2,1H3/t28-/m0/s1. The molecule has 0 aliphatic carbocycles. The molecule has 0 bridgehead atoms. The van der Waals surface area contributed by atoms with Gasteiger partial charge in [-0.15, -0.1) is 0 Å². The molecule has 2 aromatic heterocycles. The lowest BCUT2D eigenvalue weighted by molar-refractivity contribution is -0.0592. The number of esters is 1. The molecule has 2 saturated heterocycles. The number of aromatic nitrogens is 3. The molecule has 4 aromatic rings. The molecule has 0 radical (unpaired) electrons. The fourth-order valence-electron chi connectivity index (χ4n) is 6.75. The molecule has 11 heteroatoms. The summed E-state index contributed by atoms with van der Waals surface area (Å²) in [6.45, 7) is 6.03. The van der Waals surface area contributed by atoms with E-state index in [-0.39, 0.29) is 30.4 Å². The van der Waals surface area contributed by atoms with E-state index >= 15 is 0 Å². The molecule has 0 unspecified atom stereocenters. The van der Waals surface area contributed by atoms with Crippen LogP contribution in [0.3, 0.4) is 0 Å². The monoisotopic (exact) mass is 640 g/mol. The molecule has 0 spiro atoms. The van der Waals surface area contributed by atoms with Crippen LogP contribution in [0.2, 0.25) is 0 Å². The van der Waals surface area contributed by atoms with Crippen LogP contribution in [0.15, 0.2) is 54.1 Å². The number of halogens is 1. The molecule has 47 heavy (non-hydrogen) atoms. The van der Waals surface area contributed by atoms with Gasteiger partial charge in [-0.25, -0.2) is 19.2 Å². The summed E-state index contributed by atoms with van der Waals surface area (Å²) in [7, 11) is 1.39. The van der Waals surface area contributed by atoms with Crippen LogP contribution < -0.4 is 4.74 Å². The van der Waals surface area contributed by atoms with Gasteiger partial charge in [-0.05, 0) is 59.9 Å². The zero-order valence-corrected chi connectivity index (χ0v) is 26.4. The predicted octanol–water partition coefficient (Wildman–Crippen LogP) is 5.03. The summed E-state index contributed by atoms with van der Waals surface area (Å²) in [6, 6.07) is 14.7. The third-order valence-corrected chi connectivity index (χ3v) is 9.65. The van der Waals surface area contributed by atoms with E-state index in [1.807, 2.05) is 30.3 Å². The van der Waals surface area contributed by atoms with Crippen molar-refractivity contribution in [1.82, 2.24) is 19.4 Å². The van der Waals surface area contributed by atoms with Gasteiger partial charge in [0.25, 0.3) is 0 Å². The second-order valence-electron chi connectivity index (χ2n) is 12.7. The maximum absolute atomic E-state index is 14.8. The fourth-order valence-corrected chi connectivity index (χ4v) is 6.75. The molecule has 2 fully saturated rings. The van der Waals surface area contributed by atoms with Gasteiger partial charge in [0.2, 0.25) is 5.88 Å². The first-order valence-corrected chi connectivity index (χ1v) is 16.2. The van der Waals surface area contributed by atoms with Crippen LogP contribution in [-0.4, -0.2) is 78.1 Å². The van der Waals surface area contributed by atoms with Crippen LogP contribution in [0.1, 0.15) is 57.3 Å². The lowest BCUT2D eigenvalue weighted by Gasteiger charge is -2.31. The largest absolute Gasteiger partial charge is 0.473 e. The van der Waals surface area contributed by atoms with E-state index in [0.29, 0.717) is 56.5 Å². The molecule has 6 heterocycles. The van der Waals surface area contributed by atoms with E-state index in [4.69, 9.17) is 33.7 Å². The lowest BCUT2D eigenvalue weighted by Crippen LogP contribution is -2.35. The van der Waals surface area contributed by atoms with Crippen molar-refractivity contribution in [1.29, 1.82) is 0 Å². The summed E-state index contributed by atoms with van der Waals surface area (Å²) >= 11 is 0. The number of benzene rings is 2. The molecule has 4 aliphatic heterocycles. The summed E-state index contributed by atoms with van der Waals surface area (Å²) < 4.78 is 45.1. The first-order chi connectivity index (χ1) is 23.0. The van der Waals surface area contributed by atoms with Crippen molar-refractivity contribution in [3.05, 3.63) is 93.7 Å². The first kappa shape index (κ1) is 30.2. The molecule has 10 nitrogen and oxygen atoms in total. The number of imidazole rings is 1. The normalized spacial score (nSPS) is 19.8. The van der Waals surface area contributed by atoms with Gasteiger partial charge in [0.1, 0.15) is 18.2 Å². The number of carbonyl (C=O) groups excluding carboxylic acids is 1. The maximum Gasteiger partial charge on any atom is 0.337 e. The number of carbonyl (C=O) groups is 1. The Balaban J connectivity index is 1.00. The van der Waals surface area contributed by atoms with Crippen molar-refractivity contribution < 1.29 is 32.9 Å². The molecule has 244 valence electrons. The van der Waals surface area contributed by atoms with Gasteiger partial charge >= 0.3 is 5.97 Å². The molecule has 0 amide bonds. The van der Waals surface area contributed by atoms with Crippen LogP contribution in [0.5, 0.6) is 5.88 Å². The predicted molar refractivity (Wildman–Crippen MR) is 170 cm³/mol. The number of nitrogens with zero attached hydrogens (tertiary/aromatic N) is 4. The van der Waals surface area contributed by atoms with Crippen molar-refractivity contribution in [2.24, 2.45) is 0 Å². The average molecular weight is 641 g/mol. The number of hydrogen-bond donors (Lipinski definition) is 0. The number of ether oxygens (including phenoxy) is 5. The Labute approximate surface area is 272 Å². The van der Waals surface area contributed by atoms with Crippen LogP contribution in [0, 0.1) is 5.82 Å². The van der Waals surface area contributed by atoms with Gasteiger partial charge in [0.15, 0.2) is 0 Å². The highest BCUT2D eigenvalue weighted by molar-refractivity contribution is 5.93. The van der Waals surface area contributed by atoms with E-state index < -0.39 is 0 Å². The number of pyridine rings is 1. The molecule has 0 N–H and O–H groups in total. The number of rotatable bonds is 9. The van der Waals surface area contributed by atoms with Crippen molar-refractivity contribution >= 4 is 22.6 Å². The summed E-state index contributed by atoms with van der Waals surface area (Å²) in [5, 5.41) is 0. The molecule has 0 saturated carbocycles. The smallest absolute Gasteiger partial charge is 0.337 e. The minimum absolute atomic E-state index is 0.100. The molecule has 1 atom stereocenters. The van der Waals surface area contributed by atoms with Crippen molar-refractivity contribution in [2.75, 3.05) is 46.6 Å². The summed E-state index contributed by atoms with van der Waals surface area (Å²) in [5.41, 5.74) is 8.03. The van der Waals surface area contributed by atoms with E-state index in [1.54, 1.807) is 18.2 Å². The minimum Gasteiger partial charge on any atom is -0.473 e. The number of hydrogen-bond acceptors (Lipinski definition) is 9. The average Bonchev–Trinajstić information content (AvgIpc) is 3.26. The first-order valence-electron chi connectivity index (χ1n) is 16.2. The Morgan fingerprint density at radius 1 is 1.06 bits per heavy atom. The molecular weight excluding hydrogens is 603 g/mol. The van der Waals surface area contributed by atoms with Gasteiger partial charge in [-0.2, -0.15) is 0 Å². The highest BCUT2D eigenvalue weighted by Gasteiger charge is 2.28. The van der Waals surface area contributed by atoms with Crippen LogP contribution in [0.4, 0.5) is 4.39 Å². The van der Waals surface area contributed by atoms with Gasteiger partial charge in [-0.1, -0.05) is 12.1 Å². The Morgan fingerprint density at radius 2 is 1.96 bits per heavy atom. The Morgan fingerprint density at radius 3 is 2.72 bits per heavy atom. The van der Waals surface area contributed by atoms with Gasteiger partial charge in [-0.3, -0.25) is 4.90 Å². The second kappa shape index (κ2) is 12.8. The van der Waals surface area contributed by atoms with Crippen molar-refractivity contribution in [3.63, 3.8) is 0 Å². The highest BCUT2D eigenvalue weighted by atomic mass is 19.1. The third-order valence-electron chi connectivity index (χ3n) is 9.65. The summed E-state index contributed by atoms with van der Waals surface area (Å²) in [6.07, 6.45) is 1.95. The lowest BCUT2D eigenvalue weighted by atomic mass is 9.95. The van der Waals surface area contributed by atoms with Crippen molar-refractivity contribution in [2.45, 2.75) is 51.2 Å². The maximum atomic E-state index is 14.8. The van der Waals surface area contributed by atoms with E-state index in [0.717, 1.165) is 66.2 Å². The third kappa shape index (κ3) is 6.04. The quantitative estimate of drug-likeness (QED) is 0.234. The van der Waals surface area contributed by atoms with E-state index in [1.165, 1.54) is 18.3 Å². The summed E-state index contributed by atoms with van der Waals surface area (Å²) in [5.74, 6) is 1.04. The fraction of sp³-hybridized carbons (Fsp3) is 0.417. The Kier molecular flexibility index (Phi) is 8.22. The van der Waals surface area contributed by atoms with E-state index in [9.17, 15) is 9.18 Å². The molecule has 8 rings (SSSR count). The Bertz CT molecular complexity index is 1860. The van der Waals surface area contributed by atoms with Gasteiger partial charge < -0.3 is 28.3 Å². The van der Waals surface area contributed by atoms with Crippen LogP contribution >= 0.6 is 0 Å². The number of methoxy groups -OCH3 is 1. The second-order valence-corrected chi connectivity index (χ2v) is 12.7. The van der Waals surface area contributed by atoms with E-state index in [2.05, 4.69) is 9.47 Å². The Hall–Kier alpha value is -4.16. The zero-order valence-electron chi connectivity index (χ0n) is 26.4. The highest BCUT2D eigenvalue weighted by Crippen LogP contribution is 2.34. The van der Waals surface area contributed by atoms with Gasteiger partial charge in [0, 0.05) is 42.8 Å². The zero-order chi connectivity index (χ0) is 31.9. The van der Waals surface area contributed by atoms with Crippen LogP contribution in [0.25, 0.3) is 16.6 Å². The SMILES string of the molecule is COC(=O)c1ccc2nc(CN3CCC4=C(COCc5ccc(OCc6ccc(C7COC7)cc6F)nc54)C3)n(C[C@@H]3CCO3)c2c1. The van der Waals surface area contributed by atoms with Crippen molar-refractivity contribution in [3.8, 4) is 5.88 Å². The van der Waals surface area contributed by atoms with Gasteiger partial charge in [0.05, 0.1) is 75.0 Å². The molecule has 2 aromatic carbocycles. The number of fused-ring (bicyclic) bond motifs is 3. The molecular formula is C36H37FN4O6.